The first-order valence-corrected chi connectivity index (χ1v) is 8.77. The molecule has 2 aromatic rings. The molecule has 0 aliphatic heterocycles. The lowest BCUT2D eigenvalue weighted by Gasteiger charge is -2.21. The number of aromatic nitrogens is 1. The maximum absolute atomic E-state index is 12.7. The van der Waals surface area contributed by atoms with Gasteiger partial charge in [0.1, 0.15) is 5.69 Å². The molecule has 2 rings (SSSR count). The SMILES string of the molecule is CCCCCNc1ccnc(C(=O)N(CC)Cc2ccccc2)c1. The first kappa shape index (κ1) is 18.0. The van der Waals surface area contributed by atoms with Crippen LogP contribution in [0.2, 0.25) is 0 Å². The second kappa shape index (κ2) is 9.71. The molecule has 0 aliphatic rings. The molecular formula is C20H27N3O. The van der Waals surface area contributed by atoms with Crippen molar-refractivity contribution in [2.75, 3.05) is 18.4 Å². The Morgan fingerprint density at radius 2 is 1.92 bits per heavy atom. The summed E-state index contributed by atoms with van der Waals surface area (Å²) in [5.41, 5.74) is 2.58. The van der Waals surface area contributed by atoms with Crippen molar-refractivity contribution in [3.05, 3.63) is 59.9 Å². The summed E-state index contributed by atoms with van der Waals surface area (Å²) in [6, 6.07) is 13.8. The predicted octanol–water partition coefficient (Wildman–Crippen LogP) is 4.35. The molecule has 0 spiro atoms. The monoisotopic (exact) mass is 325 g/mol. The summed E-state index contributed by atoms with van der Waals surface area (Å²) in [7, 11) is 0. The predicted molar refractivity (Wildman–Crippen MR) is 99.1 cm³/mol. The van der Waals surface area contributed by atoms with Gasteiger partial charge < -0.3 is 10.2 Å². The van der Waals surface area contributed by atoms with Crippen molar-refractivity contribution in [3.63, 3.8) is 0 Å². The Morgan fingerprint density at radius 1 is 1.12 bits per heavy atom. The minimum absolute atomic E-state index is 0.0291. The second-order valence-corrected chi connectivity index (χ2v) is 5.87. The molecule has 1 aromatic carbocycles. The zero-order chi connectivity index (χ0) is 17.2. The number of carbonyl (C=O) groups excluding carboxylic acids is 1. The van der Waals surface area contributed by atoms with Gasteiger partial charge in [0.05, 0.1) is 0 Å². The molecule has 0 saturated heterocycles. The van der Waals surface area contributed by atoms with Gasteiger partial charge in [-0.3, -0.25) is 9.78 Å². The minimum atomic E-state index is -0.0291. The third-order valence-corrected chi connectivity index (χ3v) is 3.97. The van der Waals surface area contributed by atoms with Crippen LogP contribution in [-0.4, -0.2) is 28.9 Å². The van der Waals surface area contributed by atoms with E-state index in [1.807, 2.05) is 54.3 Å². The van der Waals surface area contributed by atoms with Crippen molar-refractivity contribution in [2.45, 2.75) is 39.7 Å². The van der Waals surface area contributed by atoms with E-state index in [9.17, 15) is 4.79 Å². The minimum Gasteiger partial charge on any atom is -0.385 e. The Morgan fingerprint density at radius 3 is 2.62 bits per heavy atom. The largest absolute Gasteiger partial charge is 0.385 e. The first-order chi connectivity index (χ1) is 11.7. The standard InChI is InChI=1S/C20H27N3O/c1-3-5-9-13-21-18-12-14-22-19(15-18)20(24)23(4-2)16-17-10-7-6-8-11-17/h6-8,10-12,14-15H,3-5,9,13,16H2,1-2H3,(H,21,22). The van der Waals surface area contributed by atoms with E-state index in [4.69, 9.17) is 0 Å². The van der Waals surface area contributed by atoms with Crippen LogP contribution in [-0.2, 0) is 6.54 Å². The van der Waals surface area contributed by atoms with E-state index in [1.165, 1.54) is 12.8 Å². The van der Waals surface area contributed by atoms with Crippen molar-refractivity contribution < 1.29 is 4.79 Å². The van der Waals surface area contributed by atoms with Crippen molar-refractivity contribution >= 4 is 11.6 Å². The van der Waals surface area contributed by atoms with Gasteiger partial charge in [-0.1, -0.05) is 50.1 Å². The molecule has 0 bridgehead atoms. The number of benzene rings is 1. The summed E-state index contributed by atoms with van der Waals surface area (Å²) in [6.07, 6.45) is 5.25. The van der Waals surface area contributed by atoms with Gasteiger partial charge in [-0.2, -0.15) is 0 Å². The smallest absolute Gasteiger partial charge is 0.272 e. The number of unbranched alkanes of at least 4 members (excludes halogenated alkanes) is 2. The Balaban J connectivity index is 2.01. The summed E-state index contributed by atoms with van der Waals surface area (Å²) in [5, 5.41) is 3.37. The number of anilines is 1. The first-order valence-electron chi connectivity index (χ1n) is 8.77. The molecule has 4 heteroatoms. The molecular weight excluding hydrogens is 298 g/mol. The maximum Gasteiger partial charge on any atom is 0.272 e. The highest BCUT2D eigenvalue weighted by Gasteiger charge is 2.16. The fraction of sp³-hybridized carbons (Fsp3) is 0.400. The Hall–Kier alpha value is -2.36. The summed E-state index contributed by atoms with van der Waals surface area (Å²) in [5.74, 6) is -0.0291. The molecule has 0 atom stereocenters. The fourth-order valence-corrected chi connectivity index (χ4v) is 2.56. The number of rotatable bonds is 9. The van der Waals surface area contributed by atoms with E-state index in [2.05, 4.69) is 17.2 Å². The molecule has 0 radical (unpaired) electrons. The molecule has 0 unspecified atom stereocenters. The molecule has 1 N–H and O–H groups in total. The van der Waals surface area contributed by atoms with Gasteiger partial charge in [0.15, 0.2) is 0 Å². The lowest BCUT2D eigenvalue weighted by Crippen LogP contribution is -2.31. The fourth-order valence-electron chi connectivity index (χ4n) is 2.56. The molecule has 4 nitrogen and oxygen atoms in total. The van der Waals surface area contributed by atoms with Crippen LogP contribution in [0.25, 0.3) is 0 Å². The van der Waals surface area contributed by atoms with Crippen LogP contribution in [0, 0.1) is 0 Å². The zero-order valence-electron chi connectivity index (χ0n) is 14.7. The maximum atomic E-state index is 12.7. The Bertz CT molecular complexity index is 628. The Labute approximate surface area is 144 Å². The van der Waals surface area contributed by atoms with Gasteiger partial charge in [-0.15, -0.1) is 0 Å². The zero-order valence-corrected chi connectivity index (χ0v) is 14.7. The molecule has 0 fully saturated rings. The number of amides is 1. The van der Waals surface area contributed by atoms with E-state index >= 15 is 0 Å². The third-order valence-electron chi connectivity index (χ3n) is 3.97. The van der Waals surface area contributed by atoms with E-state index in [0.717, 1.165) is 24.2 Å². The third kappa shape index (κ3) is 5.37. The van der Waals surface area contributed by atoms with Crippen molar-refractivity contribution in [2.24, 2.45) is 0 Å². The quantitative estimate of drug-likeness (QED) is 0.697. The number of pyridine rings is 1. The van der Waals surface area contributed by atoms with Gasteiger partial charge in [-0.05, 0) is 31.0 Å². The van der Waals surface area contributed by atoms with Gasteiger partial charge in [0.2, 0.25) is 0 Å². The highest BCUT2D eigenvalue weighted by atomic mass is 16.2. The van der Waals surface area contributed by atoms with Gasteiger partial charge in [0.25, 0.3) is 5.91 Å². The average molecular weight is 325 g/mol. The second-order valence-electron chi connectivity index (χ2n) is 5.87. The van der Waals surface area contributed by atoms with Crippen LogP contribution in [0.15, 0.2) is 48.7 Å². The lowest BCUT2D eigenvalue weighted by molar-refractivity contribution is 0.0746. The molecule has 1 aromatic heterocycles. The highest BCUT2D eigenvalue weighted by molar-refractivity contribution is 5.93. The lowest BCUT2D eigenvalue weighted by atomic mass is 10.2. The number of hydrogen-bond donors (Lipinski definition) is 1. The van der Waals surface area contributed by atoms with Crippen LogP contribution < -0.4 is 5.32 Å². The van der Waals surface area contributed by atoms with Crippen LogP contribution in [0.3, 0.4) is 0 Å². The number of carbonyl (C=O) groups is 1. The molecule has 0 saturated carbocycles. The Kier molecular flexibility index (Phi) is 7.27. The van der Waals surface area contributed by atoms with Gasteiger partial charge in [0, 0.05) is 31.5 Å². The number of hydrogen-bond acceptors (Lipinski definition) is 3. The van der Waals surface area contributed by atoms with Crippen molar-refractivity contribution in [1.29, 1.82) is 0 Å². The van der Waals surface area contributed by atoms with Crippen LogP contribution >= 0.6 is 0 Å². The average Bonchev–Trinajstić information content (AvgIpc) is 2.64. The summed E-state index contributed by atoms with van der Waals surface area (Å²) in [6.45, 7) is 6.37. The topological polar surface area (TPSA) is 45.2 Å². The molecule has 128 valence electrons. The number of nitrogens with one attached hydrogen (secondary N) is 1. The van der Waals surface area contributed by atoms with Gasteiger partial charge in [-0.25, -0.2) is 0 Å². The summed E-state index contributed by atoms with van der Waals surface area (Å²) < 4.78 is 0. The van der Waals surface area contributed by atoms with Crippen LogP contribution in [0.4, 0.5) is 5.69 Å². The molecule has 1 amide bonds. The van der Waals surface area contributed by atoms with E-state index in [0.29, 0.717) is 18.8 Å². The molecule has 0 aliphatic carbocycles. The normalized spacial score (nSPS) is 10.4. The highest BCUT2D eigenvalue weighted by Crippen LogP contribution is 2.13. The van der Waals surface area contributed by atoms with Crippen molar-refractivity contribution in [3.8, 4) is 0 Å². The molecule has 1 heterocycles. The molecule has 24 heavy (non-hydrogen) atoms. The van der Waals surface area contributed by atoms with Crippen molar-refractivity contribution in [1.82, 2.24) is 9.88 Å². The van der Waals surface area contributed by atoms with Crippen LogP contribution in [0.5, 0.6) is 0 Å². The summed E-state index contributed by atoms with van der Waals surface area (Å²) in [4.78, 5) is 18.8. The summed E-state index contributed by atoms with van der Waals surface area (Å²) >= 11 is 0. The van der Waals surface area contributed by atoms with Gasteiger partial charge >= 0.3 is 0 Å². The van der Waals surface area contributed by atoms with Crippen LogP contribution in [0.1, 0.15) is 49.2 Å². The van der Waals surface area contributed by atoms with E-state index in [-0.39, 0.29) is 5.91 Å². The van der Waals surface area contributed by atoms with E-state index < -0.39 is 0 Å². The van der Waals surface area contributed by atoms with E-state index in [1.54, 1.807) is 6.20 Å². The number of nitrogens with zero attached hydrogens (tertiary/aromatic N) is 2.